The lowest BCUT2D eigenvalue weighted by Gasteiger charge is -2.48. The van der Waals surface area contributed by atoms with Gasteiger partial charge in [-0.05, 0) is 45.6 Å². The van der Waals surface area contributed by atoms with E-state index in [0.29, 0.717) is 11.6 Å². The van der Waals surface area contributed by atoms with E-state index in [9.17, 15) is 0 Å². The first-order valence-corrected chi connectivity index (χ1v) is 7.65. The molecule has 0 aromatic carbocycles. The van der Waals surface area contributed by atoms with Crippen LogP contribution in [0.3, 0.4) is 0 Å². The summed E-state index contributed by atoms with van der Waals surface area (Å²) in [6, 6.07) is 0.674. The Kier molecular flexibility index (Phi) is 4.48. The molecule has 2 nitrogen and oxygen atoms in total. The van der Waals surface area contributed by atoms with Crippen molar-refractivity contribution in [2.75, 3.05) is 19.6 Å². The van der Waals surface area contributed by atoms with Crippen molar-refractivity contribution >= 4 is 0 Å². The van der Waals surface area contributed by atoms with Crippen molar-refractivity contribution in [2.45, 2.75) is 70.9 Å². The van der Waals surface area contributed by atoms with Gasteiger partial charge in [0.25, 0.3) is 0 Å². The molecule has 0 radical (unpaired) electrons. The summed E-state index contributed by atoms with van der Waals surface area (Å²) in [5.74, 6) is 0.966. The van der Waals surface area contributed by atoms with Crippen LogP contribution < -0.4 is 5.32 Å². The summed E-state index contributed by atoms with van der Waals surface area (Å²) < 4.78 is 0. The molecule has 2 rings (SSSR count). The highest BCUT2D eigenvalue weighted by Crippen LogP contribution is 2.43. The number of nitrogens with one attached hydrogen (secondary N) is 1. The summed E-state index contributed by atoms with van der Waals surface area (Å²) >= 11 is 0. The van der Waals surface area contributed by atoms with Crippen molar-refractivity contribution in [3.63, 3.8) is 0 Å². The van der Waals surface area contributed by atoms with Crippen molar-refractivity contribution in [1.82, 2.24) is 10.2 Å². The van der Waals surface area contributed by atoms with Crippen molar-refractivity contribution in [3.05, 3.63) is 0 Å². The van der Waals surface area contributed by atoms with Crippen LogP contribution in [0.4, 0.5) is 0 Å². The molecule has 100 valence electrons. The van der Waals surface area contributed by atoms with E-state index < -0.39 is 0 Å². The topological polar surface area (TPSA) is 15.3 Å². The Balaban J connectivity index is 1.85. The molecule has 2 heteroatoms. The van der Waals surface area contributed by atoms with E-state index >= 15 is 0 Å². The van der Waals surface area contributed by atoms with E-state index in [-0.39, 0.29) is 0 Å². The molecule has 1 saturated heterocycles. The zero-order chi connectivity index (χ0) is 12.3. The smallest absolute Gasteiger partial charge is 0.0334 e. The molecule has 1 aliphatic carbocycles. The van der Waals surface area contributed by atoms with Crippen LogP contribution in [-0.4, -0.2) is 36.1 Å². The molecule has 2 aliphatic rings. The minimum Gasteiger partial charge on any atom is -0.311 e. The normalized spacial score (nSPS) is 35.1. The second-order valence-electron chi connectivity index (χ2n) is 6.42. The van der Waals surface area contributed by atoms with Crippen LogP contribution >= 0.6 is 0 Å². The van der Waals surface area contributed by atoms with Crippen molar-refractivity contribution in [3.8, 4) is 0 Å². The van der Waals surface area contributed by atoms with Gasteiger partial charge in [-0.15, -0.1) is 0 Å². The molecule has 1 heterocycles. The fourth-order valence-electron chi connectivity index (χ4n) is 3.28. The summed E-state index contributed by atoms with van der Waals surface area (Å²) in [4.78, 5) is 2.79. The van der Waals surface area contributed by atoms with E-state index in [1.165, 1.54) is 58.2 Å². The number of hydrogen-bond donors (Lipinski definition) is 1. The number of hydrogen-bond acceptors (Lipinski definition) is 2. The van der Waals surface area contributed by atoms with Crippen LogP contribution in [0, 0.1) is 5.92 Å². The lowest BCUT2D eigenvalue weighted by Crippen LogP contribution is -2.63. The maximum absolute atomic E-state index is 3.68. The fourth-order valence-corrected chi connectivity index (χ4v) is 3.28. The molecular formula is C15H30N2. The maximum Gasteiger partial charge on any atom is 0.0334 e. The molecule has 2 fully saturated rings. The minimum atomic E-state index is 0.457. The summed E-state index contributed by atoms with van der Waals surface area (Å²) in [6.45, 7) is 10.9. The Morgan fingerprint density at radius 1 is 1.24 bits per heavy atom. The molecule has 0 aromatic heterocycles. The predicted molar refractivity (Wildman–Crippen MR) is 74.3 cm³/mol. The summed E-state index contributed by atoms with van der Waals surface area (Å²) in [7, 11) is 0. The van der Waals surface area contributed by atoms with E-state index in [4.69, 9.17) is 0 Å². The van der Waals surface area contributed by atoms with Gasteiger partial charge in [0.05, 0.1) is 0 Å². The van der Waals surface area contributed by atoms with Crippen molar-refractivity contribution in [1.29, 1.82) is 0 Å². The lowest BCUT2D eigenvalue weighted by molar-refractivity contribution is 0.0369. The summed E-state index contributed by atoms with van der Waals surface area (Å²) in [5, 5.41) is 3.68. The molecule has 1 aliphatic heterocycles. The highest BCUT2D eigenvalue weighted by molar-refractivity contribution is 5.04. The minimum absolute atomic E-state index is 0.457. The molecular weight excluding hydrogens is 208 g/mol. The Morgan fingerprint density at radius 2 is 2.00 bits per heavy atom. The molecule has 1 N–H and O–H groups in total. The van der Waals surface area contributed by atoms with Gasteiger partial charge in [-0.2, -0.15) is 0 Å². The van der Waals surface area contributed by atoms with E-state index in [1.807, 2.05) is 0 Å². The molecule has 0 bridgehead atoms. The van der Waals surface area contributed by atoms with E-state index in [0.717, 1.165) is 5.92 Å². The van der Waals surface area contributed by atoms with Gasteiger partial charge in [0.2, 0.25) is 0 Å². The van der Waals surface area contributed by atoms with Gasteiger partial charge in [0.1, 0.15) is 0 Å². The van der Waals surface area contributed by atoms with Gasteiger partial charge in [-0.1, -0.05) is 26.2 Å². The molecule has 0 aromatic rings. The molecule has 2 unspecified atom stereocenters. The van der Waals surface area contributed by atoms with Gasteiger partial charge < -0.3 is 5.32 Å². The van der Waals surface area contributed by atoms with Crippen LogP contribution in [0.1, 0.15) is 59.3 Å². The van der Waals surface area contributed by atoms with Crippen LogP contribution in [-0.2, 0) is 0 Å². The second-order valence-corrected chi connectivity index (χ2v) is 6.42. The van der Waals surface area contributed by atoms with Gasteiger partial charge in [0, 0.05) is 24.7 Å². The van der Waals surface area contributed by atoms with Gasteiger partial charge in [0.15, 0.2) is 0 Å². The van der Waals surface area contributed by atoms with Crippen LogP contribution in [0.2, 0.25) is 0 Å². The average molecular weight is 238 g/mol. The summed E-state index contributed by atoms with van der Waals surface area (Å²) in [6.07, 6.45) is 8.47. The van der Waals surface area contributed by atoms with Gasteiger partial charge in [-0.3, -0.25) is 4.90 Å². The summed E-state index contributed by atoms with van der Waals surface area (Å²) in [5.41, 5.74) is 0.457. The molecule has 1 saturated carbocycles. The Morgan fingerprint density at radius 3 is 2.65 bits per heavy atom. The highest BCUT2D eigenvalue weighted by atomic mass is 15.3. The number of rotatable bonds is 6. The number of nitrogens with zero attached hydrogens (tertiary/aromatic N) is 1. The van der Waals surface area contributed by atoms with E-state index in [2.05, 4.69) is 31.0 Å². The molecule has 17 heavy (non-hydrogen) atoms. The van der Waals surface area contributed by atoms with Gasteiger partial charge >= 0.3 is 0 Å². The SMILES string of the molecule is CCCCCCN1CC(C)NCC1(C)C1CC1. The van der Waals surface area contributed by atoms with Crippen molar-refractivity contribution < 1.29 is 0 Å². The Labute approximate surface area is 107 Å². The highest BCUT2D eigenvalue weighted by Gasteiger charge is 2.47. The largest absolute Gasteiger partial charge is 0.311 e. The van der Waals surface area contributed by atoms with Crippen LogP contribution in [0.15, 0.2) is 0 Å². The van der Waals surface area contributed by atoms with Gasteiger partial charge in [-0.25, -0.2) is 0 Å². The Hall–Kier alpha value is -0.0800. The molecule has 0 spiro atoms. The van der Waals surface area contributed by atoms with Crippen LogP contribution in [0.5, 0.6) is 0 Å². The quantitative estimate of drug-likeness (QED) is 0.716. The standard InChI is InChI=1S/C15H30N2/c1-4-5-6-7-10-17-11-13(2)16-12-15(17,3)14-8-9-14/h13-14,16H,4-12H2,1-3H3. The third kappa shape index (κ3) is 3.23. The zero-order valence-electron chi connectivity index (χ0n) is 12.0. The second kappa shape index (κ2) is 5.71. The first kappa shape index (κ1) is 13.4. The average Bonchev–Trinajstić information content (AvgIpc) is 3.13. The first-order chi connectivity index (χ1) is 8.16. The van der Waals surface area contributed by atoms with Crippen molar-refractivity contribution in [2.24, 2.45) is 5.92 Å². The third-order valence-electron chi connectivity index (χ3n) is 4.76. The maximum atomic E-state index is 3.68. The van der Waals surface area contributed by atoms with E-state index in [1.54, 1.807) is 0 Å². The fraction of sp³-hybridized carbons (Fsp3) is 1.00. The zero-order valence-corrected chi connectivity index (χ0v) is 12.0. The monoisotopic (exact) mass is 238 g/mol. The Bertz CT molecular complexity index is 237. The number of piperazine rings is 1. The van der Waals surface area contributed by atoms with Crippen LogP contribution in [0.25, 0.3) is 0 Å². The predicted octanol–water partition coefficient (Wildman–Crippen LogP) is 3.03. The molecule has 0 amide bonds. The first-order valence-electron chi connectivity index (χ1n) is 7.65. The lowest BCUT2D eigenvalue weighted by atomic mass is 9.89. The molecule has 2 atom stereocenters. The number of unbranched alkanes of at least 4 members (excludes halogenated alkanes) is 3. The third-order valence-corrected chi connectivity index (χ3v) is 4.76.